The molecule has 0 unspecified atom stereocenters. The first-order valence-electron chi connectivity index (χ1n) is 4.88. The minimum atomic E-state index is -0.365. The Morgan fingerprint density at radius 2 is 2.21 bits per heavy atom. The van der Waals surface area contributed by atoms with Gasteiger partial charge in [-0.15, -0.1) is 0 Å². The number of carbonyl (C=O) groups is 1. The molecule has 0 heterocycles. The first kappa shape index (κ1) is 12.8. The number of ether oxygens (including phenoxy) is 1. The zero-order chi connectivity index (χ0) is 11.0. The number of hydrogen-bond acceptors (Lipinski definition) is 2. The molecule has 0 spiro atoms. The van der Waals surface area contributed by atoms with Crippen LogP contribution in [0.2, 0.25) is 0 Å². The standard InChI is InChI=1S/C11H19NO2/c1-5-8-9(4)10(6-2)12-11(13)14-7-3/h5,8,10H,1,6-7H2,2-4H3,(H,12,13)/t10-/m1/s1. The van der Waals surface area contributed by atoms with Gasteiger partial charge in [0.1, 0.15) is 0 Å². The van der Waals surface area contributed by atoms with Crippen LogP contribution in [-0.2, 0) is 4.74 Å². The maximum absolute atomic E-state index is 11.1. The molecule has 0 saturated heterocycles. The average molecular weight is 197 g/mol. The Hall–Kier alpha value is -1.25. The Morgan fingerprint density at radius 3 is 2.64 bits per heavy atom. The Morgan fingerprint density at radius 1 is 1.57 bits per heavy atom. The van der Waals surface area contributed by atoms with Crippen molar-refractivity contribution in [3.05, 3.63) is 24.3 Å². The molecule has 0 bridgehead atoms. The third-order valence-corrected chi connectivity index (χ3v) is 1.91. The molecule has 80 valence electrons. The summed E-state index contributed by atoms with van der Waals surface area (Å²) >= 11 is 0. The van der Waals surface area contributed by atoms with Crippen molar-refractivity contribution in [3.8, 4) is 0 Å². The number of allylic oxidation sites excluding steroid dienone is 2. The molecular formula is C11H19NO2. The fourth-order valence-electron chi connectivity index (χ4n) is 1.15. The number of hydrogen-bond donors (Lipinski definition) is 1. The molecule has 0 aromatic rings. The summed E-state index contributed by atoms with van der Waals surface area (Å²) in [5, 5.41) is 2.77. The Balaban J connectivity index is 4.21. The monoisotopic (exact) mass is 197 g/mol. The lowest BCUT2D eigenvalue weighted by atomic mass is 10.1. The summed E-state index contributed by atoms with van der Waals surface area (Å²) < 4.78 is 4.80. The molecule has 3 nitrogen and oxygen atoms in total. The van der Waals surface area contributed by atoms with E-state index in [-0.39, 0.29) is 12.1 Å². The van der Waals surface area contributed by atoms with Gasteiger partial charge < -0.3 is 10.1 Å². The van der Waals surface area contributed by atoms with E-state index in [1.54, 1.807) is 13.0 Å². The number of alkyl carbamates (subject to hydrolysis) is 1. The molecule has 0 aliphatic heterocycles. The van der Waals surface area contributed by atoms with Crippen LogP contribution in [0.5, 0.6) is 0 Å². The maximum atomic E-state index is 11.1. The van der Waals surface area contributed by atoms with E-state index in [1.165, 1.54) is 0 Å². The molecule has 0 aromatic heterocycles. The van der Waals surface area contributed by atoms with Gasteiger partial charge in [-0.25, -0.2) is 4.79 Å². The summed E-state index contributed by atoms with van der Waals surface area (Å²) in [6.45, 7) is 9.76. The third kappa shape index (κ3) is 4.70. The molecule has 3 heteroatoms. The summed E-state index contributed by atoms with van der Waals surface area (Å²) in [4.78, 5) is 11.1. The van der Waals surface area contributed by atoms with Gasteiger partial charge >= 0.3 is 6.09 Å². The van der Waals surface area contributed by atoms with Crippen molar-refractivity contribution in [2.45, 2.75) is 33.2 Å². The average Bonchev–Trinajstić information content (AvgIpc) is 2.15. The fourth-order valence-corrected chi connectivity index (χ4v) is 1.15. The molecule has 0 fully saturated rings. The van der Waals surface area contributed by atoms with Crippen LogP contribution in [-0.4, -0.2) is 18.7 Å². The quantitative estimate of drug-likeness (QED) is 0.688. The molecular weight excluding hydrogens is 178 g/mol. The molecule has 0 radical (unpaired) electrons. The zero-order valence-electron chi connectivity index (χ0n) is 9.17. The van der Waals surface area contributed by atoms with Gasteiger partial charge in [0, 0.05) is 0 Å². The lowest BCUT2D eigenvalue weighted by molar-refractivity contribution is 0.149. The van der Waals surface area contributed by atoms with E-state index in [0.29, 0.717) is 6.61 Å². The van der Waals surface area contributed by atoms with Gasteiger partial charge in [-0.05, 0) is 20.3 Å². The topological polar surface area (TPSA) is 38.3 Å². The summed E-state index contributed by atoms with van der Waals surface area (Å²) in [6.07, 6.45) is 4.08. The van der Waals surface area contributed by atoms with Crippen molar-refractivity contribution in [2.24, 2.45) is 0 Å². The van der Waals surface area contributed by atoms with Crippen molar-refractivity contribution in [3.63, 3.8) is 0 Å². The smallest absolute Gasteiger partial charge is 0.407 e. The summed E-state index contributed by atoms with van der Waals surface area (Å²) in [6, 6.07) is 0.0343. The van der Waals surface area contributed by atoms with Gasteiger partial charge in [-0.3, -0.25) is 0 Å². The highest BCUT2D eigenvalue weighted by Crippen LogP contribution is 2.05. The van der Waals surface area contributed by atoms with Gasteiger partial charge in [-0.2, -0.15) is 0 Å². The lowest BCUT2D eigenvalue weighted by Gasteiger charge is -2.16. The normalized spacial score (nSPS) is 13.2. The van der Waals surface area contributed by atoms with Crippen molar-refractivity contribution < 1.29 is 9.53 Å². The molecule has 0 aliphatic rings. The minimum absolute atomic E-state index is 0.0343. The van der Waals surface area contributed by atoms with Crippen LogP contribution in [0.3, 0.4) is 0 Å². The largest absolute Gasteiger partial charge is 0.450 e. The highest BCUT2D eigenvalue weighted by molar-refractivity contribution is 5.68. The second-order valence-electron chi connectivity index (χ2n) is 2.97. The lowest BCUT2D eigenvalue weighted by Crippen LogP contribution is -2.35. The van der Waals surface area contributed by atoms with Gasteiger partial charge in [0.25, 0.3) is 0 Å². The number of rotatable bonds is 5. The second kappa shape index (κ2) is 7.18. The molecule has 14 heavy (non-hydrogen) atoms. The van der Waals surface area contributed by atoms with Crippen LogP contribution in [0.1, 0.15) is 27.2 Å². The van der Waals surface area contributed by atoms with Crippen molar-refractivity contribution in [1.29, 1.82) is 0 Å². The molecule has 1 amide bonds. The fraction of sp³-hybridized carbons (Fsp3) is 0.545. The van der Waals surface area contributed by atoms with Crippen LogP contribution < -0.4 is 5.32 Å². The van der Waals surface area contributed by atoms with Gasteiger partial charge in [-0.1, -0.05) is 31.2 Å². The predicted molar refractivity (Wildman–Crippen MR) is 58.2 cm³/mol. The predicted octanol–water partition coefficient (Wildman–Crippen LogP) is 2.64. The van der Waals surface area contributed by atoms with E-state index in [2.05, 4.69) is 11.9 Å². The van der Waals surface area contributed by atoms with E-state index in [9.17, 15) is 4.79 Å². The van der Waals surface area contributed by atoms with E-state index < -0.39 is 0 Å². The van der Waals surface area contributed by atoms with Crippen LogP contribution in [0.4, 0.5) is 4.79 Å². The van der Waals surface area contributed by atoms with E-state index in [4.69, 9.17) is 4.74 Å². The molecule has 0 rings (SSSR count). The zero-order valence-corrected chi connectivity index (χ0v) is 9.17. The Bertz CT molecular complexity index is 221. The number of carbonyl (C=O) groups excluding carboxylic acids is 1. The number of amides is 1. The SMILES string of the molecule is C=CC=C(C)[C@@H](CC)NC(=O)OCC. The second-order valence-corrected chi connectivity index (χ2v) is 2.97. The first-order valence-corrected chi connectivity index (χ1v) is 4.88. The highest BCUT2D eigenvalue weighted by atomic mass is 16.5. The number of nitrogens with one attached hydrogen (secondary N) is 1. The Labute approximate surface area is 85.8 Å². The molecule has 0 aliphatic carbocycles. The molecule has 0 saturated carbocycles. The summed E-state index contributed by atoms with van der Waals surface area (Å²) in [5.41, 5.74) is 1.08. The first-order chi connectivity index (χ1) is 6.65. The van der Waals surface area contributed by atoms with Crippen LogP contribution in [0, 0.1) is 0 Å². The van der Waals surface area contributed by atoms with Crippen molar-refractivity contribution in [2.75, 3.05) is 6.61 Å². The third-order valence-electron chi connectivity index (χ3n) is 1.91. The highest BCUT2D eigenvalue weighted by Gasteiger charge is 2.11. The summed E-state index contributed by atoms with van der Waals surface area (Å²) in [5.74, 6) is 0. The van der Waals surface area contributed by atoms with E-state index in [1.807, 2.05) is 19.9 Å². The van der Waals surface area contributed by atoms with E-state index >= 15 is 0 Å². The van der Waals surface area contributed by atoms with Gasteiger partial charge in [0.15, 0.2) is 0 Å². The molecule has 0 aromatic carbocycles. The molecule has 1 N–H and O–H groups in total. The van der Waals surface area contributed by atoms with Crippen molar-refractivity contribution >= 4 is 6.09 Å². The minimum Gasteiger partial charge on any atom is -0.450 e. The van der Waals surface area contributed by atoms with E-state index in [0.717, 1.165) is 12.0 Å². The van der Waals surface area contributed by atoms with Gasteiger partial charge in [0.05, 0.1) is 12.6 Å². The summed E-state index contributed by atoms with van der Waals surface area (Å²) in [7, 11) is 0. The van der Waals surface area contributed by atoms with Crippen LogP contribution in [0.25, 0.3) is 0 Å². The van der Waals surface area contributed by atoms with Crippen LogP contribution in [0.15, 0.2) is 24.3 Å². The Kier molecular flexibility index (Phi) is 6.54. The van der Waals surface area contributed by atoms with Gasteiger partial charge in [0.2, 0.25) is 0 Å². The van der Waals surface area contributed by atoms with Crippen molar-refractivity contribution in [1.82, 2.24) is 5.32 Å². The molecule has 1 atom stereocenters. The maximum Gasteiger partial charge on any atom is 0.407 e. The van der Waals surface area contributed by atoms with Crippen LogP contribution >= 0.6 is 0 Å².